The molecule has 0 atom stereocenters. The number of phenolic OH excluding ortho intramolecular Hbond substituents is 1. The number of hydrogen-bond acceptors (Lipinski definition) is 3. The van der Waals surface area contributed by atoms with Gasteiger partial charge in [-0.15, -0.1) is 0 Å². The highest BCUT2D eigenvalue weighted by atomic mass is 16.5. The molecule has 0 radical (unpaired) electrons. The Hall–Kier alpha value is -1.77. The minimum absolute atomic E-state index is 0.0507. The zero-order valence-corrected chi connectivity index (χ0v) is 8.20. The molecule has 1 aromatic rings. The summed E-state index contributed by atoms with van der Waals surface area (Å²) in [6.45, 7) is 6.88. The van der Waals surface area contributed by atoms with Crippen LogP contribution in [0.25, 0.3) is 5.57 Å². The Morgan fingerprint density at radius 3 is 2.57 bits per heavy atom. The van der Waals surface area contributed by atoms with Gasteiger partial charge in [0, 0.05) is 6.92 Å². The molecule has 0 fully saturated rings. The number of carbonyl (C=O) groups is 1. The van der Waals surface area contributed by atoms with Crippen molar-refractivity contribution in [1.29, 1.82) is 0 Å². The topological polar surface area (TPSA) is 46.5 Å². The van der Waals surface area contributed by atoms with Crippen molar-refractivity contribution in [2.75, 3.05) is 0 Å². The van der Waals surface area contributed by atoms with E-state index in [9.17, 15) is 9.90 Å². The number of benzene rings is 1. The molecule has 0 aliphatic heterocycles. The van der Waals surface area contributed by atoms with Crippen LogP contribution in [0.5, 0.6) is 11.5 Å². The van der Waals surface area contributed by atoms with E-state index < -0.39 is 5.97 Å². The molecule has 0 saturated carbocycles. The van der Waals surface area contributed by atoms with Crippen LogP contribution in [-0.2, 0) is 4.79 Å². The number of rotatable bonds is 2. The number of esters is 1. The van der Waals surface area contributed by atoms with Crippen LogP contribution in [0.15, 0.2) is 24.8 Å². The monoisotopic (exact) mass is 192 g/mol. The second-order valence-electron chi connectivity index (χ2n) is 3.06. The van der Waals surface area contributed by atoms with Gasteiger partial charge in [0.1, 0.15) is 0 Å². The Labute approximate surface area is 82.6 Å². The van der Waals surface area contributed by atoms with Gasteiger partial charge in [-0.2, -0.15) is 0 Å². The number of phenols is 1. The number of ether oxygens (including phenoxy) is 1. The molecule has 0 aliphatic carbocycles. The Kier molecular flexibility index (Phi) is 2.92. The maximum Gasteiger partial charge on any atom is 0.308 e. The maximum atomic E-state index is 10.7. The van der Waals surface area contributed by atoms with E-state index in [1.165, 1.54) is 13.0 Å². The highest BCUT2D eigenvalue weighted by Gasteiger charge is 2.06. The third kappa shape index (κ3) is 2.36. The van der Waals surface area contributed by atoms with Gasteiger partial charge in [0.05, 0.1) is 0 Å². The largest absolute Gasteiger partial charge is 0.504 e. The van der Waals surface area contributed by atoms with Crippen molar-refractivity contribution in [2.24, 2.45) is 0 Å². The number of carbonyl (C=O) groups excluding carboxylic acids is 1. The molecule has 3 nitrogen and oxygen atoms in total. The summed E-state index contributed by atoms with van der Waals surface area (Å²) in [5.41, 5.74) is 1.68. The fourth-order valence-corrected chi connectivity index (χ4v) is 1.02. The molecule has 0 aromatic heterocycles. The predicted molar refractivity (Wildman–Crippen MR) is 54.1 cm³/mol. The third-order valence-electron chi connectivity index (χ3n) is 1.71. The van der Waals surface area contributed by atoms with E-state index in [1.807, 2.05) is 6.92 Å². The predicted octanol–water partition coefficient (Wildman–Crippen LogP) is 2.35. The quantitative estimate of drug-likeness (QED) is 0.578. The molecule has 14 heavy (non-hydrogen) atoms. The molecule has 1 N–H and O–H groups in total. The van der Waals surface area contributed by atoms with Crippen molar-refractivity contribution in [1.82, 2.24) is 0 Å². The number of allylic oxidation sites excluding steroid dienone is 1. The van der Waals surface area contributed by atoms with Crippen molar-refractivity contribution >= 4 is 11.5 Å². The van der Waals surface area contributed by atoms with E-state index >= 15 is 0 Å². The Bertz CT molecular complexity index is 380. The lowest BCUT2D eigenvalue weighted by molar-refractivity contribution is -0.132. The Balaban J connectivity index is 3.08. The first-order chi connectivity index (χ1) is 6.50. The van der Waals surface area contributed by atoms with Gasteiger partial charge in [0.25, 0.3) is 0 Å². The zero-order chi connectivity index (χ0) is 10.7. The highest BCUT2D eigenvalue weighted by Crippen LogP contribution is 2.29. The second-order valence-corrected chi connectivity index (χ2v) is 3.06. The van der Waals surface area contributed by atoms with Crippen molar-refractivity contribution in [3.05, 3.63) is 30.3 Å². The molecule has 0 bridgehead atoms. The molecule has 0 spiro atoms. The average Bonchev–Trinajstić information content (AvgIpc) is 2.07. The molecular formula is C11H12O3. The molecule has 0 aliphatic rings. The Morgan fingerprint density at radius 1 is 1.43 bits per heavy atom. The van der Waals surface area contributed by atoms with Crippen molar-refractivity contribution in [2.45, 2.75) is 13.8 Å². The summed E-state index contributed by atoms with van der Waals surface area (Å²) in [5.74, 6) is -0.345. The van der Waals surface area contributed by atoms with Crippen LogP contribution in [-0.4, -0.2) is 11.1 Å². The van der Waals surface area contributed by atoms with Gasteiger partial charge in [-0.25, -0.2) is 0 Å². The van der Waals surface area contributed by atoms with Gasteiger partial charge < -0.3 is 9.84 Å². The summed E-state index contributed by atoms with van der Waals surface area (Å²) in [6.07, 6.45) is 0. The fourth-order valence-electron chi connectivity index (χ4n) is 1.02. The molecule has 0 heterocycles. The van der Waals surface area contributed by atoms with Crippen LogP contribution in [0.2, 0.25) is 0 Å². The van der Waals surface area contributed by atoms with Gasteiger partial charge in [-0.05, 0) is 24.6 Å². The normalized spacial score (nSPS) is 9.57. The maximum absolute atomic E-state index is 10.7. The lowest BCUT2D eigenvalue weighted by atomic mass is 10.1. The van der Waals surface area contributed by atoms with Crippen LogP contribution in [0.4, 0.5) is 0 Å². The first-order valence-corrected chi connectivity index (χ1v) is 4.18. The lowest BCUT2D eigenvalue weighted by Gasteiger charge is -2.06. The fraction of sp³-hybridized carbons (Fsp3) is 0.182. The van der Waals surface area contributed by atoms with Gasteiger partial charge in [0.15, 0.2) is 11.5 Å². The molecule has 0 saturated heterocycles. The summed E-state index contributed by atoms with van der Waals surface area (Å²) in [6, 6.07) is 4.77. The number of hydrogen-bond donors (Lipinski definition) is 1. The molecule has 0 unspecified atom stereocenters. The van der Waals surface area contributed by atoms with E-state index in [1.54, 1.807) is 12.1 Å². The summed E-state index contributed by atoms with van der Waals surface area (Å²) >= 11 is 0. The number of aromatic hydroxyl groups is 1. The van der Waals surface area contributed by atoms with Crippen LogP contribution in [0.3, 0.4) is 0 Å². The van der Waals surface area contributed by atoms with E-state index in [0.29, 0.717) is 0 Å². The minimum atomic E-state index is -0.459. The third-order valence-corrected chi connectivity index (χ3v) is 1.71. The van der Waals surface area contributed by atoms with Gasteiger partial charge in [-0.3, -0.25) is 4.79 Å². The van der Waals surface area contributed by atoms with E-state index in [4.69, 9.17) is 4.74 Å². The smallest absolute Gasteiger partial charge is 0.308 e. The molecule has 3 heteroatoms. The summed E-state index contributed by atoms with van der Waals surface area (Å²) in [5, 5.41) is 9.36. The average molecular weight is 192 g/mol. The van der Waals surface area contributed by atoms with Crippen LogP contribution in [0.1, 0.15) is 19.4 Å². The lowest BCUT2D eigenvalue weighted by Crippen LogP contribution is -2.01. The first kappa shape index (κ1) is 10.3. The second kappa shape index (κ2) is 3.96. The molecular weight excluding hydrogens is 180 g/mol. The SMILES string of the molecule is C=C(C)c1ccc(O)c(OC(C)=O)c1. The van der Waals surface area contributed by atoms with Gasteiger partial charge >= 0.3 is 5.97 Å². The summed E-state index contributed by atoms with van der Waals surface area (Å²) in [7, 11) is 0. The van der Waals surface area contributed by atoms with Crippen LogP contribution < -0.4 is 4.74 Å². The van der Waals surface area contributed by atoms with Crippen molar-refractivity contribution in [3.8, 4) is 11.5 Å². The Morgan fingerprint density at radius 2 is 2.07 bits per heavy atom. The molecule has 0 amide bonds. The van der Waals surface area contributed by atoms with Gasteiger partial charge in [-0.1, -0.05) is 18.2 Å². The van der Waals surface area contributed by atoms with Crippen molar-refractivity contribution < 1.29 is 14.6 Å². The highest BCUT2D eigenvalue weighted by molar-refractivity contribution is 5.72. The van der Waals surface area contributed by atoms with Crippen LogP contribution in [0, 0.1) is 0 Å². The van der Waals surface area contributed by atoms with Gasteiger partial charge in [0.2, 0.25) is 0 Å². The van der Waals surface area contributed by atoms with E-state index in [0.717, 1.165) is 11.1 Å². The summed E-state index contributed by atoms with van der Waals surface area (Å²) in [4.78, 5) is 10.7. The summed E-state index contributed by atoms with van der Waals surface area (Å²) < 4.78 is 4.81. The minimum Gasteiger partial charge on any atom is -0.504 e. The standard InChI is InChI=1S/C11H12O3/c1-7(2)9-4-5-10(13)11(6-9)14-8(3)12/h4-6,13H,1H2,2-3H3. The first-order valence-electron chi connectivity index (χ1n) is 4.18. The van der Waals surface area contributed by atoms with E-state index in [2.05, 4.69) is 6.58 Å². The van der Waals surface area contributed by atoms with Crippen molar-refractivity contribution in [3.63, 3.8) is 0 Å². The molecule has 1 rings (SSSR count). The van der Waals surface area contributed by atoms with Crippen LogP contribution >= 0.6 is 0 Å². The molecule has 74 valence electrons. The van der Waals surface area contributed by atoms with E-state index in [-0.39, 0.29) is 11.5 Å². The zero-order valence-electron chi connectivity index (χ0n) is 8.20. The molecule has 1 aromatic carbocycles.